The van der Waals surface area contributed by atoms with E-state index in [4.69, 9.17) is 14.2 Å². The van der Waals surface area contributed by atoms with Gasteiger partial charge < -0.3 is 24.4 Å². The zero-order valence-electron chi connectivity index (χ0n) is 17.0. The first-order chi connectivity index (χ1) is 14.0. The number of nitrogens with zero attached hydrogens (tertiary/aromatic N) is 2. The molecular weight excluding hydrogens is 387 g/mol. The van der Waals surface area contributed by atoms with Crippen LogP contribution in [0.2, 0.25) is 0 Å². The SMILES string of the molecule is CN=C(NCCOc1ccccc1C(F)(F)F)N1CCC(OCCCOC)CC1. The van der Waals surface area contributed by atoms with Crippen molar-refractivity contribution in [1.82, 2.24) is 10.2 Å². The van der Waals surface area contributed by atoms with Crippen LogP contribution in [-0.2, 0) is 15.7 Å². The molecule has 0 radical (unpaired) electrons. The van der Waals surface area contributed by atoms with Gasteiger partial charge in [0, 0.05) is 40.5 Å². The van der Waals surface area contributed by atoms with Crippen LogP contribution in [0.25, 0.3) is 0 Å². The summed E-state index contributed by atoms with van der Waals surface area (Å²) in [4.78, 5) is 6.39. The summed E-state index contributed by atoms with van der Waals surface area (Å²) in [7, 11) is 3.37. The molecule has 1 aromatic rings. The van der Waals surface area contributed by atoms with Gasteiger partial charge in [-0.05, 0) is 31.4 Å². The number of rotatable bonds is 9. The molecule has 1 heterocycles. The highest BCUT2D eigenvalue weighted by molar-refractivity contribution is 5.79. The third-order valence-electron chi connectivity index (χ3n) is 4.63. The summed E-state index contributed by atoms with van der Waals surface area (Å²) < 4.78 is 55.2. The first-order valence-corrected chi connectivity index (χ1v) is 9.81. The lowest BCUT2D eigenvalue weighted by molar-refractivity contribution is -0.138. The number of alkyl halides is 3. The number of nitrogens with one attached hydrogen (secondary N) is 1. The van der Waals surface area contributed by atoms with Gasteiger partial charge in [0.1, 0.15) is 12.4 Å². The maximum absolute atomic E-state index is 13.0. The van der Waals surface area contributed by atoms with Crippen molar-refractivity contribution in [2.45, 2.75) is 31.5 Å². The van der Waals surface area contributed by atoms with Gasteiger partial charge in [0.05, 0.1) is 18.2 Å². The van der Waals surface area contributed by atoms with Crippen LogP contribution in [0.15, 0.2) is 29.3 Å². The molecule has 0 unspecified atom stereocenters. The lowest BCUT2D eigenvalue weighted by atomic mass is 10.1. The Kier molecular flexibility index (Phi) is 9.53. The lowest BCUT2D eigenvalue weighted by Crippen LogP contribution is -2.47. The molecule has 1 aliphatic rings. The fourth-order valence-corrected chi connectivity index (χ4v) is 3.17. The molecule has 0 saturated carbocycles. The number of ether oxygens (including phenoxy) is 3. The summed E-state index contributed by atoms with van der Waals surface area (Å²) in [5.74, 6) is 0.554. The largest absolute Gasteiger partial charge is 0.491 e. The van der Waals surface area contributed by atoms with Crippen molar-refractivity contribution in [3.05, 3.63) is 29.8 Å². The lowest BCUT2D eigenvalue weighted by Gasteiger charge is -2.34. The van der Waals surface area contributed by atoms with Gasteiger partial charge >= 0.3 is 6.18 Å². The Morgan fingerprint density at radius 1 is 1.17 bits per heavy atom. The summed E-state index contributed by atoms with van der Waals surface area (Å²) in [6, 6.07) is 5.22. The molecule has 9 heteroatoms. The van der Waals surface area contributed by atoms with Gasteiger partial charge in [-0.3, -0.25) is 4.99 Å². The fraction of sp³-hybridized carbons (Fsp3) is 0.650. The molecule has 0 amide bonds. The van der Waals surface area contributed by atoms with Crippen molar-refractivity contribution in [1.29, 1.82) is 0 Å². The molecule has 1 aromatic carbocycles. The molecule has 0 spiro atoms. The van der Waals surface area contributed by atoms with Crippen molar-refractivity contribution in [3.8, 4) is 5.75 Å². The minimum atomic E-state index is -4.43. The zero-order chi connectivity index (χ0) is 21.1. The van der Waals surface area contributed by atoms with Crippen LogP contribution in [0.4, 0.5) is 13.2 Å². The van der Waals surface area contributed by atoms with E-state index in [1.54, 1.807) is 14.2 Å². The molecule has 1 saturated heterocycles. The second-order valence-electron chi connectivity index (χ2n) is 6.72. The number of hydrogen-bond acceptors (Lipinski definition) is 4. The third-order valence-corrected chi connectivity index (χ3v) is 4.63. The van der Waals surface area contributed by atoms with Gasteiger partial charge in [-0.2, -0.15) is 13.2 Å². The topological polar surface area (TPSA) is 55.3 Å². The van der Waals surface area contributed by atoms with Crippen molar-refractivity contribution in [2.24, 2.45) is 4.99 Å². The van der Waals surface area contributed by atoms with Gasteiger partial charge in [-0.15, -0.1) is 0 Å². The molecule has 0 atom stereocenters. The van der Waals surface area contributed by atoms with E-state index in [9.17, 15) is 13.2 Å². The molecule has 6 nitrogen and oxygen atoms in total. The van der Waals surface area contributed by atoms with E-state index in [0.29, 0.717) is 19.8 Å². The van der Waals surface area contributed by atoms with Crippen LogP contribution in [-0.4, -0.2) is 70.6 Å². The van der Waals surface area contributed by atoms with Gasteiger partial charge in [0.25, 0.3) is 0 Å². The van der Waals surface area contributed by atoms with Crippen LogP contribution in [0, 0.1) is 0 Å². The normalized spacial score (nSPS) is 16.2. The van der Waals surface area contributed by atoms with E-state index in [0.717, 1.165) is 44.4 Å². The number of piperidine rings is 1. The number of aliphatic imine (C=N–C) groups is 1. The van der Waals surface area contributed by atoms with Crippen molar-refractivity contribution in [3.63, 3.8) is 0 Å². The van der Waals surface area contributed by atoms with Crippen LogP contribution in [0.5, 0.6) is 5.75 Å². The molecule has 1 N–H and O–H groups in total. The van der Waals surface area contributed by atoms with Crippen LogP contribution in [0.3, 0.4) is 0 Å². The molecule has 164 valence electrons. The Hall–Kier alpha value is -2.00. The first-order valence-electron chi connectivity index (χ1n) is 9.81. The molecule has 2 rings (SSSR count). The summed E-state index contributed by atoms with van der Waals surface area (Å²) in [6.07, 6.45) is -1.50. The molecule has 29 heavy (non-hydrogen) atoms. The monoisotopic (exact) mass is 417 g/mol. The highest BCUT2D eigenvalue weighted by atomic mass is 19.4. The van der Waals surface area contributed by atoms with Gasteiger partial charge in [-0.25, -0.2) is 0 Å². The number of hydrogen-bond donors (Lipinski definition) is 1. The van der Waals surface area contributed by atoms with E-state index in [1.165, 1.54) is 18.2 Å². The Morgan fingerprint density at radius 3 is 2.55 bits per heavy atom. The second-order valence-corrected chi connectivity index (χ2v) is 6.72. The standard InChI is InChI=1S/C20H30F3N3O3/c1-24-19(26-11-8-16(9-12-26)28-14-5-13-27-2)25-10-15-29-18-7-4-3-6-17(18)20(21,22)23/h3-4,6-7,16H,5,8-15H2,1-2H3,(H,24,25). The van der Waals surface area contributed by atoms with Gasteiger partial charge in [-0.1, -0.05) is 12.1 Å². The predicted molar refractivity (Wildman–Crippen MR) is 105 cm³/mol. The number of guanidine groups is 1. The fourth-order valence-electron chi connectivity index (χ4n) is 3.17. The van der Waals surface area contributed by atoms with E-state index >= 15 is 0 Å². The third kappa shape index (κ3) is 7.74. The minimum Gasteiger partial charge on any atom is -0.491 e. The van der Waals surface area contributed by atoms with E-state index in [-0.39, 0.29) is 18.5 Å². The van der Waals surface area contributed by atoms with Crippen LogP contribution >= 0.6 is 0 Å². The number of benzene rings is 1. The predicted octanol–water partition coefficient (Wildman–Crippen LogP) is 3.18. The van der Waals surface area contributed by atoms with Gasteiger partial charge in [0.2, 0.25) is 0 Å². The Bertz CT molecular complexity index is 633. The van der Waals surface area contributed by atoms with Gasteiger partial charge in [0.15, 0.2) is 5.96 Å². The first kappa shape index (κ1) is 23.3. The quantitative estimate of drug-likeness (QED) is 0.380. The number of likely N-dealkylation sites (tertiary alicyclic amines) is 1. The molecule has 0 aliphatic carbocycles. The maximum atomic E-state index is 13.0. The summed E-state index contributed by atoms with van der Waals surface area (Å²) in [5.41, 5.74) is -0.767. The minimum absolute atomic E-state index is 0.102. The average molecular weight is 417 g/mol. The van der Waals surface area contributed by atoms with E-state index < -0.39 is 11.7 Å². The Balaban J connectivity index is 1.71. The summed E-state index contributed by atoms with van der Waals surface area (Å²) in [6.45, 7) is 3.48. The van der Waals surface area contributed by atoms with Crippen LogP contribution in [0.1, 0.15) is 24.8 Å². The Labute approximate surface area is 170 Å². The molecule has 1 fully saturated rings. The zero-order valence-corrected chi connectivity index (χ0v) is 17.0. The maximum Gasteiger partial charge on any atom is 0.419 e. The molecular formula is C20H30F3N3O3. The van der Waals surface area contributed by atoms with Crippen molar-refractivity contribution in [2.75, 3.05) is 53.6 Å². The van der Waals surface area contributed by atoms with Crippen molar-refractivity contribution < 1.29 is 27.4 Å². The number of halogens is 3. The second kappa shape index (κ2) is 11.9. The van der Waals surface area contributed by atoms with E-state index in [2.05, 4.69) is 15.2 Å². The molecule has 1 aliphatic heterocycles. The highest BCUT2D eigenvalue weighted by Crippen LogP contribution is 2.35. The number of methoxy groups -OCH3 is 1. The smallest absolute Gasteiger partial charge is 0.419 e. The van der Waals surface area contributed by atoms with E-state index in [1.807, 2.05) is 0 Å². The number of para-hydroxylation sites is 1. The summed E-state index contributed by atoms with van der Waals surface area (Å²) >= 11 is 0. The van der Waals surface area contributed by atoms with Crippen LogP contribution < -0.4 is 10.1 Å². The van der Waals surface area contributed by atoms with Crippen molar-refractivity contribution >= 4 is 5.96 Å². The average Bonchev–Trinajstić information content (AvgIpc) is 2.71. The molecule has 0 aromatic heterocycles. The molecule has 0 bridgehead atoms. The Morgan fingerprint density at radius 2 is 1.90 bits per heavy atom. The summed E-state index contributed by atoms with van der Waals surface area (Å²) in [5, 5.41) is 3.15. The highest BCUT2D eigenvalue weighted by Gasteiger charge is 2.34.